The average Bonchev–Trinajstić information content (AvgIpc) is 3.19. The number of H-pyrrole nitrogens is 1. The number of benzene rings is 2. The number of ether oxygens (including phenoxy) is 3. The van der Waals surface area contributed by atoms with Crippen molar-refractivity contribution in [3.63, 3.8) is 0 Å². The predicted molar refractivity (Wildman–Crippen MR) is 111 cm³/mol. The van der Waals surface area contributed by atoms with Crippen molar-refractivity contribution in [3.05, 3.63) is 70.5 Å². The van der Waals surface area contributed by atoms with Crippen LogP contribution in [0.4, 0.5) is 0 Å². The SMILES string of the molecule is COCc1ccc(-c2cc(=O)n3[nH]c(-c4ccc(OC)c(OC)c4)cc3n2)cc1. The van der Waals surface area contributed by atoms with Crippen LogP contribution < -0.4 is 15.0 Å². The first-order chi connectivity index (χ1) is 14.1. The maximum Gasteiger partial charge on any atom is 0.273 e. The van der Waals surface area contributed by atoms with Crippen molar-refractivity contribution < 1.29 is 14.2 Å². The van der Waals surface area contributed by atoms with Gasteiger partial charge in [0.1, 0.15) is 0 Å². The highest BCUT2D eigenvalue weighted by atomic mass is 16.5. The minimum Gasteiger partial charge on any atom is -0.493 e. The third kappa shape index (κ3) is 3.60. The number of nitrogens with zero attached hydrogens (tertiary/aromatic N) is 2. The zero-order valence-corrected chi connectivity index (χ0v) is 16.4. The van der Waals surface area contributed by atoms with Crippen molar-refractivity contribution in [2.75, 3.05) is 21.3 Å². The summed E-state index contributed by atoms with van der Waals surface area (Å²) in [5.41, 5.74) is 4.53. The van der Waals surface area contributed by atoms with E-state index in [2.05, 4.69) is 10.1 Å². The van der Waals surface area contributed by atoms with Crippen molar-refractivity contribution in [3.8, 4) is 34.0 Å². The normalized spacial score (nSPS) is 11.0. The zero-order valence-electron chi connectivity index (χ0n) is 16.4. The number of hydrogen-bond acceptors (Lipinski definition) is 5. The van der Waals surface area contributed by atoms with E-state index in [0.717, 1.165) is 22.4 Å². The zero-order chi connectivity index (χ0) is 20.4. The largest absolute Gasteiger partial charge is 0.493 e. The van der Waals surface area contributed by atoms with Gasteiger partial charge in [0.15, 0.2) is 17.1 Å². The van der Waals surface area contributed by atoms with Gasteiger partial charge in [0, 0.05) is 30.4 Å². The first-order valence-corrected chi connectivity index (χ1v) is 9.06. The highest BCUT2D eigenvalue weighted by Gasteiger charge is 2.12. The Morgan fingerprint density at radius 1 is 0.897 bits per heavy atom. The summed E-state index contributed by atoms with van der Waals surface area (Å²) in [4.78, 5) is 17.3. The molecule has 0 unspecified atom stereocenters. The van der Waals surface area contributed by atoms with Crippen LogP contribution in [-0.4, -0.2) is 35.9 Å². The third-order valence-corrected chi connectivity index (χ3v) is 4.71. The first-order valence-electron chi connectivity index (χ1n) is 9.06. The minimum absolute atomic E-state index is 0.183. The molecule has 7 heteroatoms. The number of fused-ring (bicyclic) bond motifs is 1. The number of hydrogen-bond donors (Lipinski definition) is 1. The van der Waals surface area contributed by atoms with Gasteiger partial charge in [-0.15, -0.1) is 0 Å². The number of aromatic nitrogens is 3. The maximum absolute atomic E-state index is 12.6. The molecule has 29 heavy (non-hydrogen) atoms. The Balaban J connectivity index is 1.75. The summed E-state index contributed by atoms with van der Waals surface area (Å²) in [6.07, 6.45) is 0. The molecule has 2 heterocycles. The Morgan fingerprint density at radius 2 is 1.62 bits per heavy atom. The molecule has 148 valence electrons. The van der Waals surface area contributed by atoms with Gasteiger partial charge in [0.25, 0.3) is 5.56 Å². The maximum atomic E-state index is 12.6. The quantitative estimate of drug-likeness (QED) is 0.544. The molecule has 0 radical (unpaired) electrons. The van der Waals surface area contributed by atoms with E-state index in [-0.39, 0.29) is 5.56 Å². The number of methoxy groups -OCH3 is 3. The van der Waals surface area contributed by atoms with Gasteiger partial charge in [-0.2, -0.15) is 0 Å². The van der Waals surface area contributed by atoms with Gasteiger partial charge in [0.2, 0.25) is 0 Å². The molecule has 4 rings (SSSR count). The van der Waals surface area contributed by atoms with Gasteiger partial charge >= 0.3 is 0 Å². The molecule has 0 aliphatic rings. The fourth-order valence-corrected chi connectivity index (χ4v) is 3.23. The molecule has 0 amide bonds. The van der Waals surface area contributed by atoms with E-state index in [4.69, 9.17) is 14.2 Å². The van der Waals surface area contributed by atoms with Crippen LogP contribution in [0.2, 0.25) is 0 Å². The molecule has 0 bridgehead atoms. The van der Waals surface area contributed by atoms with E-state index in [1.165, 1.54) is 10.6 Å². The monoisotopic (exact) mass is 391 g/mol. The number of aromatic amines is 1. The molecule has 0 aliphatic carbocycles. The summed E-state index contributed by atoms with van der Waals surface area (Å²) in [5.74, 6) is 1.25. The summed E-state index contributed by atoms with van der Waals surface area (Å²) in [6.45, 7) is 0.544. The molecule has 0 saturated carbocycles. The second kappa shape index (κ2) is 7.81. The minimum atomic E-state index is -0.183. The summed E-state index contributed by atoms with van der Waals surface area (Å²) >= 11 is 0. The van der Waals surface area contributed by atoms with Crippen LogP contribution in [0.5, 0.6) is 11.5 Å². The molecule has 0 spiro atoms. The van der Waals surface area contributed by atoms with Crippen LogP contribution in [0.1, 0.15) is 5.56 Å². The highest BCUT2D eigenvalue weighted by molar-refractivity contribution is 5.69. The van der Waals surface area contributed by atoms with E-state index in [1.807, 2.05) is 48.5 Å². The second-order valence-corrected chi connectivity index (χ2v) is 6.54. The standard InChI is InChI=1S/C22H21N3O4/c1-27-13-14-4-6-15(7-5-14)17-12-22(26)25-21(23-17)11-18(24-25)16-8-9-19(28-2)20(10-16)29-3/h4-12,24H,13H2,1-3H3. The third-order valence-electron chi connectivity index (χ3n) is 4.71. The van der Waals surface area contributed by atoms with E-state index in [1.54, 1.807) is 21.3 Å². The van der Waals surface area contributed by atoms with Crippen LogP contribution in [0.15, 0.2) is 59.4 Å². The van der Waals surface area contributed by atoms with Crippen LogP contribution in [0.3, 0.4) is 0 Å². The van der Waals surface area contributed by atoms with E-state index in [0.29, 0.717) is 29.4 Å². The number of rotatable bonds is 6. The lowest BCUT2D eigenvalue weighted by Crippen LogP contribution is -2.14. The van der Waals surface area contributed by atoms with Gasteiger partial charge in [-0.05, 0) is 23.8 Å². The first kappa shape index (κ1) is 18.8. The van der Waals surface area contributed by atoms with Crippen molar-refractivity contribution in [1.29, 1.82) is 0 Å². The lowest BCUT2D eigenvalue weighted by Gasteiger charge is -2.08. The molecule has 2 aromatic carbocycles. The lowest BCUT2D eigenvalue weighted by molar-refractivity contribution is 0.185. The van der Waals surface area contributed by atoms with E-state index in [9.17, 15) is 4.79 Å². The second-order valence-electron chi connectivity index (χ2n) is 6.54. The van der Waals surface area contributed by atoms with Gasteiger partial charge < -0.3 is 14.2 Å². The molecular formula is C22H21N3O4. The number of nitrogens with one attached hydrogen (secondary N) is 1. The van der Waals surface area contributed by atoms with Gasteiger partial charge in [-0.3, -0.25) is 9.89 Å². The molecule has 4 aromatic rings. The topological polar surface area (TPSA) is 77.9 Å². The smallest absolute Gasteiger partial charge is 0.273 e. The molecule has 0 atom stereocenters. The molecular weight excluding hydrogens is 370 g/mol. The molecule has 7 nitrogen and oxygen atoms in total. The Bertz CT molecular complexity index is 1210. The van der Waals surface area contributed by atoms with Gasteiger partial charge in [-0.25, -0.2) is 9.50 Å². The van der Waals surface area contributed by atoms with Gasteiger partial charge in [-0.1, -0.05) is 24.3 Å². The Morgan fingerprint density at radius 3 is 2.31 bits per heavy atom. The summed E-state index contributed by atoms with van der Waals surface area (Å²) < 4.78 is 17.2. The van der Waals surface area contributed by atoms with Gasteiger partial charge in [0.05, 0.1) is 32.2 Å². The summed E-state index contributed by atoms with van der Waals surface area (Å²) in [5, 5.41) is 3.10. The molecule has 1 N–H and O–H groups in total. The van der Waals surface area contributed by atoms with E-state index >= 15 is 0 Å². The Labute approximate surface area is 167 Å². The van der Waals surface area contributed by atoms with Crippen LogP contribution in [-0.2, 0) is 11.3 Å². The lowest BCUT2D eigenvalue weighted by atomic mass is 10.1. The van der Waals surface area contributed by atoms with Crippen LogP contribution in [0, 0.1) is 0 Å². The van der Waals surface area contributed by atoms with Crippen LogP contribution in [0.25, 0.3) is 28.2 Å². The van der Waals surface area contributed by atoms with Crippen molar-refractivity contribution in [2.45, 2.75) is 6.61 Å². The molecule has 0 saturated heterocycles. The van der Waals surface area contributed by atoms with Crippen LogP contribution >= 0.6 is 0 Å². The molecule has 2 aromatic heterocycles. The molecule has 0 fully saturated rings. The van der Waals surface area contributed by atoms with Crippen molar-refractivity contribution in [2.24, 2.45) is 0 Å². The summed E-state index contributed by atoms with van der Waals surface area (Å²) in [6, 6.07) is 16.7. The average molecular weight is 391 g/mol. The van der Waals surface area contributed by atoms with Crippen molar-refractivity contribution >= 4 is 5.65 Å². The Kier molecular flexibility index (Phi) is 5.05. The molecule has 0 aliphatic heterocycles. The Hall–Kier alpha value is -3.58. The fraction of sp³-hybridized carbons (Fsp3) is 0.182. The predicted octanol–water partition coefficient (Wildman–Crippen LogP) is 3.52. The highest BCUT2D eigenvalue weighted by Crippen LogP contribution is 2.32. The van der Waals surface area contributed by atoms with E-state index < -0.39 is 0 Å². The van der Waals surface area contributed by atoms with Crippen molar-refractivity contribution in [1.82, 2.24) is 14.6 Å². The fourth-order valence-electron chi connectivity index (χ4n) is 3.23. The summed E-state index contributed by atoms with van der Waals surface area (Å²) in [7, 11) is 4.84.